The van der Waals surface area contributed by atoms with Crippen LogP contribution in [0.5, 0.6) is 28.7 Å². The minimum absolute atomic E-state index is 0.269. The first-order valence-corrected chi connectivity index (χ1v) is 8.25. The zero-order chi connectivity index (χ0) is 16.3. The number of fused-ring (bicyclic) bond motifs is 2. The lowest BCUT2D eigenvalue weighted by molar-refractivity contribution is 0.173. The maximum absolute atomic E-state index is 6.36. The average Bonchev–Trinajstić information content (AvgIpc) is 2.97. The van der Waals surface area contributed by atoms with Crippen LogP contribution in [0.15, 0.2) is 24.3 Å². The molecule has 24 heavy (non-hydrogen) atoms. The second kappa shape index (κ2) is 5.05. The van der Waals surface area contributed by atoms with Gasteiger partial charge in [0, 0.05) is 29.8 Å². The zero-order valence-corrected chi connectivity index (χ0v) is 13.8. The topological polar surface area (TPSA) is 40.2 Å². The van der Waals surface area contributed by atoms with Gasteiger partial charge in [-0.15, -0.1) is 0 Å². The lowest BCUT2D eigenvalue weighted by atomic mass is 9.88. The van der Waals surface area contributed by atoms with Crippen molar-refractivity contribution >= 4 is 0 Å². The third-order valence-corrected chi connectivity index (χ3v) is 5.25. The van der Waals surface area contributed by atoms with Gasteiger partial charge < -0.3 is 18.9 Å². The fraction of sp³-hybridized carbons (Fsp3) is 0.368. The number of methoxy groups -OCH3 is 1. The maximum Gasteiger partial charge on any atom is 0.231 e. The van der Waals surface area contributed by atoms with Crippen LogP contribution in [0.1, 0.15) is 22.7 Å². The Labute approximate surface area is 140 Å². The molecular weight excluding hydrogens is 306 g/mol. The summed E-state index contributed by atoms with van der Waals surface area (Å²) >= 11 is 0. The molecule has 2 aromatic rings. The Morgan fingerprint density at radius 1 is 1.08 bits per heavy atom. The number of likely N-dealkylation sites (N-methyl/N-ethyl adjacent to an activating group) is 1. The molecule has 0 aliphatic carbocycles. The summed E-state index contributed by atoms with van der Waals surface area (Å²) in [6.45, 7) is 1.31. The van der Waals surface area contributed by atoms with E-state index in [1.165, 1.54) is 11.1 Å². The van der Waals surface area contributed by atoms with Crippen molar-refractivity contribution in [2.75, 3.05) is 27.5 Å². The highest BCUT2D eigenvalue weighted by molar-refractivity contribution is 5.60. The molecule has 0 saturated heterocycles. The fourth-order valence-electron chi connectivity index (χ4n) is 3.94. The van der Waals surface area contributed by atoms with Gasteiger partial charge >= 0.3 is 0 Å². The predicted octanol–water partition coefficient (Wildman–Crippen LogP) is 3.30. The Kier molecular flexibility index (Phi) is 2.94. The van der Waals surface area contributed by atoms with E-state index < -0.39 is 0 Å². The molecule has 0 saturated carbocycles. The number of ether oxygens (including phenoxy) is 4. The largest absolute Gasteiger partial charge is 0.493 e. The van der Waals surface area contributed by atoms with Gasteiger partial charge in [-0.05, 0) is 37.6 Å². The fourth-order valence-corrected chi connectivity index (χ4v) is 3.94. The van der Waals surface area contributed by atoms with Crippen molar-refractivity contribution in [2.24, 2.45) is 0 Å². The molecule has 0 radical (unpaired) electrons. The summed E-state index contributed by atoms with van der Waals surface area (Å²) in [6.07, 6.45) is 1.91. The van der Waals surface area contributed by atoms with Crippen LogP contribution in [0, 0.1) is 0 Å². The lowest BCUT2D eigenvalue weighted by Crippen LogP contribution is -2.33. The van der Waals surface area contributed by atoms with Gasteiger partial charge in [-0.25, -0.2) is 0 Å². The van der Waals surface area contributed by atoms with Crippen LogP contribution in [0.25, 0.3) is 0 Å². The highest BCUT2D eigenvalue weighted by Gasteiger charge is 2.34. The Morgan fingerprint density at radius 2 is 1.92 bits per heavy atom. The number of benzene rings is 2. The molecule has 124 valence electrons. The summed E-state index contributed by atoms with van der Waals surface area (Å²) in [4.78, 5) is 2.40. The summed E-state index contributed by atoms with van der Waals surface area (Å²) in [6, 6.07) is 8.45. The third-order valence-electron chi connectivity index (χ3n) is 5.25. The molecule has 1 atom stereocenters. The highest BCUT2D eigenvalue weighted by atomic mass is 16.7. The Hall–Kier alpha value is -2.40. The number of nitrogens with zero attached hydrogens (tertiary/aromatic N) is 1. The lowest BCUT2D eigenvalue weighted by Gasteiger charge is -2.34. The van der Waals surface area contributed by atoms with Gasteiger partial charge in [-0.1, -0.05) is 6.07 Å². The quantitative estimate of drug-likeness (QED) is 0.804. The van der Waals surface area contributed by atoms with Crippen molar-refractivity contribution < 1.29 is 18.9 Å². The normalized spacial score (nSPS) is 20.7. The molecule has 0 spiro atoms. The highest BCUT2D eigenvalue weighted by Crippen LogP contribution is 2.50. The van der Waals surface area contributed by atoms with Crippen LogP contribution in [0.2, 0.25) is 0 Å². The summed E-state index contributed by atoms with van der Waals surface area (Å²) in [5.41, 5.74) is 3.74. The molecule has 0 amide bonds. The molecule has 5 heteroatoms. The van der Waals surface area contributed by atoms with E-state index in [1.54, 1.807) is 7.11 Å². The van der Waals surface area contributed by atoms with Crippen molar-refractivity contribution in [1.82, 2.24) is 4.90 Å². The van der Waals surface area contributed by atoms with Crippen LogP contribution in [-0.4, -0.2) is 32.4 Å². The first-order valence-electron chi connectivity index (χ1n) is 8.25. The Balaban J connectivity index is 1.73. The molecule has 3 heterocycles. The van der Waals surface area contributed by atoms with Crippen molar-refractivity contribution in [2.45, 2.75) is 18.9 Å². The minimum atomic E-state index is 0.269. The molecule has 5 nitrogen and oxygen atoms in total. The Bertz CT molecular complexity index is 833. The number of hydrogen-bond donors (Lipinski definition) is 0. The van der Waals surface area contributed by atoms with Crippen molar-refractivity contribution in [3.8, 4) is 28.7 Å². The molecule has 0 fully saturated rings. The van der Waals surface area contributed by atoms with E-state index in [0.29, 0.717) is 0 Å². The van der Waals surface area contributed by atoms with E-state index in [4.69, 9.17) is 18.9 Å². The van der Waals surface area contributed by atoms with E-state index in [2.05, 4.69) is 24.1 Å². The Morgan fingerprint density at radius 3 is 2.75 bits per heavy atom. The second-order valence-corrected chi connectivity index (χ2v) is 6.54. The van der Waals surface area contributed by atoms with E-state index >= 15 is 0 Å². The van der Waals surface area contributed by atoms with E-state index in [9.17, 15) is 0 Å². The van der Waals surface area contributed by atoms with Crippen LogP contribution < -0.4 is 18.9 Å². The van der Waals surface area contributed by atoms with Crippen molar-refractivity contribution in [3.63, 3.8) is 0 Å². The third kappa shape index (κ3) is 1.91. The summed E-state index contributed by atoms with van der Waals surface area (Å²) in [5, 5.41) is 0. The minimum Gasteiger partial charge on any atom is -0.493 e. The van der Waals surface area contributed by atoms with Gasteiger partial charge in [0.2, 0.25) is 6.79 Å². The van der Waals surface area contributed by atoms with E-state index in [0.717, 1.165) is 53.7 Å². The molecule has 0 bridgehead atoms. The van der Waals surface area contributed by atoms with Crippen molar-refractivity contribution in [3.05, 3.63) is 41.0 Å². The monoisotopic (exact) mass is 325 g/mol. The van der Waals surface area contributed by atoms with Gasteiger partial charge in [-0.3, -0.25) is 4.90 Å². The number of rotatable bonds is 1. The first-order chi connectivity index (χ1) is 11.7. The maximum atomic E-state index is 6.36. The predicted molar refractivity (Wildman–Crippen MR) is 88.4 cm³/mol. The molecule has 1 unspecified atom stereocenters. The second-order valence-electron chi connectivity index (χ2n) is 6.54. The van der Waals surface area contributed by atoms with Crippen LogP contribution in [-0.2, 0) is 12.8 Å². The molecule has 0 N–H and O–H groups in total. The molecule has 5 rings (SSSR count). The van der Waals surface area contributed by atoms with Gasteiger partial charge in [0.25, 0.3) is 0 Å². The smallest absolute Gasteiger partial charge is 0.231 e. The standard InChI is InChI=1S/C19H19NO4/c1-20-6-5-11-3-4-14(21-2)19-18(11)13(20)7-12-8-16-17(23-10-22-16)9-15(12)24-19/h3-4,8-9,13H,5-7,10H2,1-2H3. The van der Waals surface area contributed by atoms with Gasteiger partial charge in [0.15, 0.2) is 23.0 Å². The molecule has 3 aliphatic rings. The van der Waals surface area contributed by atoms with Gasteiger partial charge in [0.05, 0.1) is 7.11 Å². The van der Waals surface area contributed by atoms with Crippen LogP contribution in [0.4, 0.5) is 0 Å². The van der Waals surface area contributed by atoms with Gasteiger partial charge in [0.1, 0.15) is 5.75 Å². The van der Waals surface area contributed by atoms with Crippen LogP contribution >= 0.6 is 0 Å². The average molecular weight is 325 g/mol. The van der Waals surface area contributed by atoms with E-state index in [1.807, 2.05) is 12.1 Å². The molecular formula is C19H19NO4. The van der Waals surface area contributed by atoms with Gasteiger partial charge in [-0.2, -0.15) is 0 Å². The van der Waals surface area contributed by atoms with Crippen molar-refractivity contribution in [1.29, 1.82) is 0 Å². The summed E-state index contributed by atoms with van der Waals surface area (Å²) in [7, 11) is 3.86. The van der Waals surface area contributed by atoms with Crippen LogP contribution in [0.3, 0.4) is 0 Å². The molecule has 3 aliphatic heterocycles. The van der Waals surface area contributed by atoms with E-state index in [-0.39, 0.29) is 12.8 Å². The summed E-state index contributed by atoms with van der Waals surface area (Å²) in [5.74, 6) is 3.98. The first kappa shape index (κ1) is 14.0. The zero-order valence-electron chi connectivity index (χ0n) is 13.8. The molecule has 0 aromatic heterocycles. The summed E-state index contributed by atoms with van der Waals surface area (Å²) < 4.78 is 23.0. The SMILES string of the molecule is COc1ccc2c3c1Oc1cc4c(cc1CC3N(C)CC2)OCO4. The molecule has 2 aromatic carbocycles. The number of hydrogen-bond acceptors (Lipinski definition) is 5.